The van der Waals surface area contributed by atoms with Gasteiger partial charge in [0.15, 0.2) is 5.78 Å². The van der Waals surface area contributed by atoms with E-state index < -0.39 is 0 Å². The van der Waals surface area contributed by atoms with Crippen molar-refractivity contribution in [3.63, 3.8) is 0 Å². The number of Topliss-reactive ketones (excluding diaryl/α,β-unsaturated/α-hetero) is 1. The molecule has 4 nitrogen and oxygen atoms in total. The first-order chi connectivity index (χ1) is 8.15. The van der Waals surface area contributed by atoms with E-state index in [1.165, 1.54) is 0 Å². The summed E-state index contributed by atoms with van der Waals surface area (Å²) in [5, 5.41) is 8.93. The predicted octanol–water partition coefficient (Wildman–Crippen LogP) is 1.36. The van der Waals surface area contributed by atoms with Gasteiger partial charge in [-0.3, -0.25) is 14.7 Å². The van der Waals surface area contributed by atoms with Crippen molar-refractivity contribution in [3.05, 3.63) is 30.1 Å². The summed E-state index contributed by atoms with van der Waals surface area (Å²) in [6, 6.07) is 3.80. The fourth-order valence-corrected chi connectivity index (χ4v) is 1.68. The van der Waals surface area contributed by atoms with Crippen molar-refractivity contribution in [1.82, 2.24) is 9.88 Å². The lowest BCUT2D eigenvalue weighted by Gasteiger charge is -2.25. The minimum absolute atomic E-state index is 0.121. The molecule has 0 amide bonds. The average Bonchev–Trinajstić information content (AvgIpc) is 2.34. The molecule has 0 spiro atoms. The summed E-state index contributed by atoms with van der Waals surface area (Å²) in [6.45, 7) is 5.54. The molecule has 1 rings (SSSR count). The zero-order valence-corrected chi connectivity index (χ0v) is 10.5. The Bertz CT molecular complexity index is 339. The van der Waals surface area contributed by atoms with Crippen LogP contribution < -0.4 is 0 Å². The molecule has 0 aliphatic rings. The molecule has 0 radical (unpaired) electrons. The molecule has 1 heterocycles. The van der Waals surface area contributed by atoms with Crippen LogP contribution in [0, 0.1) is 0 Å². The number of hydrogen-bond acceptors (Lipinski definition) is 4. The summed E-state index contributed by atoms with van der Waals surface area (Å²) in [4.78, 5) is 17.8. The van der Waals surface area contributed by atoms with Gasteiger partial charge < -0.3 is 5.11 Å². The lowest BCUT2D eigenvalue weighted by atomic mass is 10.1. The molecular weight excluding hydrogens is 216 g/mol. The van der Waals surface area contributed by atoms with E-state index in [0.717, 1.165) is 0 Å². The normalized spacial score (nSPS) is 11.1. The Balaban J connectivity index is 2.47. The zero-order valence-electron chi connectivity index (χ0n) is 10.5. The van der Waals surface area contributed by atoms with Gasteiger partial charge in [-0.2, -0.15) is 0 Å². The van der Waals surface area contributed by atoms with Gasteiger partial charge in [0.25, 0.3) is 0 Å². The number of aromatic nitrogens is 1. The van der Waals surface area contributed by atoms with Crippen molar-refractivity contribution < 1.29 is 9.90 Å². The molecule has 0 bridgehead atoms. The van der Waals surface area contributed by atoms with Crippen LogP contribution in [0.3, 0.4) is 0 Å². The van der Waals surface area contributed by atoms with Gasteiger partial charge in [-0.1, -0.05) is 0 Å². The fraction of sp³-hybridized carbons (Fsp3) is 0.538. The SMILES string of the molecule is CC(C)N(CCO)CCC(=O)c1ccncc1. The van der Waals surface area contributed by atoms with Crippen LogP contribution in [0.5, 0.6) is 0 Å². The monoisotopic (exact) mass is 236 g/mol. The van der Waals surface area contributed by atoms with Gasteiger partial charge in [-0.15, -0.1) is 0 Å². The number of carbonyl (C=O) groups is 1. The maximum Gasteiger partial charge on any atom is 0.164 e. The Morgan fingerprint density at radius 1 is 1.35 bits per heavy atom. The van der Waals surface area contributed by atoms with Crippen LogP contribution in [0.15, 0.2) is 24.5 Å². The van der Waals surface area contributed by atoms with Crippen molar-refractivity contribution in [3.8, 4) is 0 Å². The van der Waals surface area contributed by atoms with Crippen molar-refractivity contribution in [1.29, 1.82) is 0 Å². The first-order valence-electron chi connectivity index (χ1n) is 5.93. The smallest absolute Gasteiger partial charge is 0.164 e. The molecule has 94 valence electrons. The quantitative estimate of drug-likeness (QED) is 0.726. The van der Waals surface area contributed by atoms with Crippen molar-refractivity contribution in [2.45, 2.75) is 26.3 Å². The largest absolute Gasteiger partial charge is 0.395 e. The van der Waals surface area contributed by atoms with Crippen molar-refractivity contribution in [2.75, 3.05) is 19.7 Å². The second-order valence-electron chi connectivity index (χ2n) is 4.26. The number of ketones is 1. The van der Waals surface area contributed by atoms with Crippen LogP contribution in [0.4, 0.5) is 0 Å². The number of aliphatic hydroxyl groups is 1. The van der Waals surface area contributed by atoms with E-state index in [4.69, 9.17) is 5.11 Å². The molecule has 0 unspecified atom stereocenters. The number of pyridine rings is 1. The summed E-state index contributed by atoms with van der Waals surface area (Å²) < 4.78 is 0. The maximum atomic E-state index is 11.9. The Morgan fingerprint density at radius 3 is 2.53 bits per heavy atom. The third-order valence-electron chi connectivity index (χ3n) is 2.75. The average molecular weight is 236 g/mol. The molecule has 1 aromatic rings. The summed E-state index contributed by atoms with van der Waals surface area (Å²) in [5.41, 5.74) is 0.702. The number of rotatable bonds is 7. The highest BCUT2D eigenvalue weighted by molar-refractivity contribution is 5.95. The summed E-state index contributed by atoms with van der Waals surface area (Å²) in [7, 11) is 0. The number of hydrogen-bond donors (Lipinski definition) is 1. The topological polar surface area (TPSA) is 53.4 Å². The summed E-state index contributed by atoms with van der Waals surface area (Å²) in [5.74, 6) is 0.121. The molecule has 0 fully saturated rings. The van der Waals surface area contributed by atoms with E-state index in [2.05, 4.69) is 23.7 Å². The van der Waals surface area contributed by atoms with E-state index in [1.807, 2.05) is 0 Å². The molecule has 0 saturated heterocycles. The van der Waals surface area contributed by atoms with Gasteiger partial charge in [-0.05, 0) is 26.0 Å². The van der Waals surface area contributed by atoms with E-state index in [0.29, 0.717) is 31.1 Å². The molecule has 1 N–H and O–H groups in total. The first-order valence-corrected chi connectivity index (χ1v) is 5.93. The van der Waals surface area contributed by atoms with E-state index in [-0.39, 0.29) is 12.4 Å². The van der Waals surface area contributed by atoms with Crippen LogP contribution in [-0.4, -0.2) is 46.5 Å². The molecule has 1 aromatic heterocycles. The molecule has 0 aliphatic carbocycles. The van der Waals surface area contributed by atoms with Gasteiger partial charge >= 0.3 is 0 Å². The molecule has 0 aromatic carbocycles. The van der Waals surface area contributed by atoms with Crippen molar-refractivity contribution >= 4 is 5.78 Å². The molecule has 4 heteroatoms. The minimum Gasteiger partial charge on any atom is -0.395 e. The Kier molecular flexibility index (Phi) is 5.80. The van der Waals surface area contributed by atoms with Gasteiger partial charge in [0.2, 0.25) is 0 Å². The predicted molar refractivity (Wildman–Crippen MR) is 67.0 cm³/mol. The second-order valence-corrected chi connectivity index (χ2v) is 4.26. The van der Waals surface area contributed by atoms with Gasteiger partial charge in [-0.25, -0.2) is 0 Å². The highest BCUT2D eigenvalue weighted by Crippen LogP contribution is 2.05. The Labute approximate surface area is 102 Å². The molecule has 0 aliphatic heterocycles. The number of nitrogens with zero attached hydrogens (tertiary/aromatic N) is 2. The highest BCUT2D eigenvalue weighted by atomic mass is 16.3. The summed E-state index contributed by atoms with van der Waals surface area (Å²) in [6.07, 6.45) is 3.73. The second kappa shape index (κ2) is 7.14. The van der Waals surface area contributed by atoms with Gasteiger partial charge in [0.1, 0.15) is 0 Å². The molecule has 0 saturated carbocycles. The van der Waals surface area contributed by atoms with E-state index in [9.17, 15) is 4.79 Å². The van der Waals surface area contributed by atoms with E-state index >= 15 is 0 Å². The number of aliphatic hydroxyl groups excluding tert-OH is 1. The molecule has 17 heavy (non-hydrogen) atoms. The molecule has 0 atom stereocenters. The number of carbonyl (C=O) groups excluding carboxylic acids is 1. The molecular formula is C13H20N2O2. The third-order valence-corrected chi connectivity index (χ3v) is 2.75. The van der Waals surface area contributed by atoms with Crippen LogP contribution in [0.2, 0.25) is 0 Å². The standard InChI is InChI=1S/C13H20N2O2/c1-11(2)15(9-10-16)8-5-13(17)12-3-6-14-7-4-12/h3-4,6-7,11,16H,5,8-10H2,1-2H3. The van der Waals surface area contributed by atoms with Crippen LogP contribution in [0.25, 0.3) is 0 Å². The van der Waals surface area contributed by atoms with Gasteiger partial charge in [0.05, 0.1) is 6.61 Å². The Hall–Kier alpha value is -1.26. The minimum atomic E-state index is 0.121. The lowest BCUT2D eigenvalue weighted by molar-refractivity contribution is 0.0943. The van der Waals surface area contributed by atoms with Crippen LogP contribution in [-0.2, 0) is 0 Å². The van der Waals surface area contributed by atoms with Gasteiger partial charge in [0, 0.05) is 43.5 Å². The van der Waals surface area contributed by atoms with E-state index in [1.54, 1.807) is 24.5 Å². The maximum absolute atomic E-state index is 11.9. The Morgan fingerprint density at radius 2 is 2.00 bits per heavy atom. The zero-order chi connectivity index (χ0) is 12.7. The summed E-state index contributed by atoms with van der Waals surface area (Å²) >= 11 is 0. The highest BCUT2D eigenvalue weighted by Gasteiger charge is 2.12. The third kappa shape index (κ3) is 4.63. The lowest BCUT2D eigenvalue weighted by Crippen LogP contribution is -2.35. The first kappa shape index (κ1) is 13.8. The van der Waals surface area contributed by atoms with Crippen LogP contribution >= 0.6 is 0 Å². The fourth-order valence-electron chi connectivity index (χ4n) is 1.68. The van der Waals surface area contributed by atoms with Crippen molar-refractivity contribution in [2.24, 2.45) is 0 Å². The van der Waals surface area contributed by atoms with Crippen LogP contribution in [0.1, 0.15) is 30.6 Å².